The Labute approximate surface area is 108 Å². The second-order valence-corrected chi connectivity index (χ2v) is 5.66. The first-order valence-electron chi connectivity index (χ1n) is 6.69. The number of hydrogen-bond donors (Lipinski definition) is 1. The summed E-state index contributed by atoms with van der Waals surface area (Å²) in [5.74, 6) is -0.226. The number of benzene rings is 1. The zero-order chi connectivity index (χ0) is 13.2. The highest BCUT2D eigenvalue weighted by atomic mass is 19.1. The lowest BCUT2D eigenvalue weighted by atomic mass is 9.85. The second kappa shape index (κ2) is 5.37. The van der Waals surface area contributed by atoms with Crippen LogP contribution >= 0.6 is 0 Å². The Kier molecular flexibility index (Phi) is 4.03. The van der Waals surface area contributed by atoms with Crippen LogP contribution in [0.2, 0.25) is 0 Å². The van der Waals surface area contributed by atoms with Gasteiger partial charge in [-0.1, -0.05) is 12.1 Å². The van der Waals surface area contributed by atoms with Crippen LogP contribution in [0.25, 0.3) is 0 Å². The van der Waals surface area contributed by atoms with Crippen molar-refractivity contribution in [3.8, 4) is 0 Å². The number of aliphatic hydroxyl groups is 1. The standard InChI is InChI=1S/C15H22FNO/c1-12(2)17-8-6-15(18,7-9-17)11-13-4-3-5-14(16)10-13/h3-5,10,12,18H,6-9,11H2,1-2H3. The number of likely N-dealkylation sites (tertiary alicyclic amines) is 1. The van der Waals surface area contributed by atoms with Crippen molar-refractivity contribution in [2.24, 2.45) is 0 Å². The average molecular weight is 251 g/mol. The number of rotatable bonds is 3. The third-order valence-electron chi connectivity index (χ3n) is 3.88. The minimum atomic E-state index is -0.667. The molecule has 0 aliphatic carbocycles. The van der Waals surface area contributed by atoms with Crippen molar-refractivity contribution in [2.75, 3.05) is 13.1 Å². The smallest absolute Gasteiger partial charge is 0.123 e. The zero-order valence-corrected chi connectivity index (χ0v) is 11.2. The van der Waals surface area contributed by atoms with Crippen molar-refractivity contribution in [3.63, 3.8) is 0 Å². The van der Waals surface area contributed by atoms with Gasteiger partial charge in [-0.3, -0.25) is 0 Å². The molecule has 1 saturated heterocycles. The van der Waals surface area contributed by atoms with Crippen LogP contribution in [-0.4, -0.2) is 34.7 Å². The highest BCUT2D eigenvalue weighted by Gasteiger charge is 2.33. The molecule has 0 bridgehead atoms. The van der Waals surface area contributed by atoms with E-state index in [1.165, 1.54) is 12.1 Å². The number of nitrogens with zero attached hydrogens (tertiary/aromatic N) is 1. The van der Waals surface area contributed by atoms with Crippen LogP contribution in [0.1, 0.15) is 32.3 Å². The van der Waals surface area contributed by atoms with Crippen LogP contribution in [-0.2, 0) is 6.42 Å². The van der Waals surface area contributed by atoms with E-state index in [1.54, 1.807) is 6.07 Å². The zero-order valence-electron chi connectivity index (χ0n) is 11.2. The predicted octanol–water partition coefficient (Wildman–Crippen LogP) is 2.60. The fraction of sp³-hybridized carbons (Fsp3) is 0.600. The molecule has 0 amide bonds. The lowest BCUT2D eigenvalue weighted by Crippen LogP contribution is -2.47. The topological polar surface area (TPSA) is 23.5 Å². The van der Waals surface area contributed by atoms with Crippen molar-refractivity contribution < 1.29 is 9.50 Å². The van der Waals surface area contributed by atoms with Crippen LogP contribution < -0.4 is 0 Å². The maximum atomic E-state index is 13.1. The highest BCUT2D eigenvalue weighted by Crippen LogP contribution is 2.27. The summed E-state index contributed by atoms with van der Waals surface area (Å²) in [6.07, 6.45) is 2.08. The molecule has 1 fully saturated rings. The van der Waals surface area contributed by atoms with Gasteiger partial charge in [-0.05, 0) is 44.4 Å². The van der Waals surface area contributed by atoms with Gasteiger partial charge in [0, 0.05) is 25.6 Å². The van der Waals surface area contributed by atoms with Gasteiger partial charge in [-0.15, -0.1) is 0 Å². The Bertz CT molecular complexity index is 397. The SMILES string of the molecule is CC(C)N1CCC(O)(Cc2cccc(F)c2)CC1. The molecule has 2 rings (SSSR count). The molecule has 0 saturated carbocycles. The fourth-order valence-corrected chi connectivity index (χ4v) is 2.66. The van der Waals surface area contributed by atoms with Gasteiger partial charge in [0.05, 0.1) is 5.60 Å². The average Bonchev–Trinajstić information content (AvgIpc) is 2.29. The summed E-state index contributed by atoms with van der Waals surface area (Å²) in [7, 11) is 0. The van der Waals surface area contributed by atoms with E-state index in [0.29, 0.717) is 12.5 Å². The molecule has 3 heteroatoms. The molecule has 1 aliphatic rings. The van der Waals surface area contributed by atoms with E-state index in [2.05, 4.69) is 18.7 Å². The van der Waals surface area contributed by atoms with Crippen molar-refractivity contribution >= 4 is 0 Å². The van der Waals surface area contributed by atoms with Crippen molar-refractivity contribution in [3.05, 3.63) is 35.6 Å². The van der Waals surface area contributed by atoms with E-state index in [0.717, 1.165) is 31.5 Å². The Hall–Kier alpha value is -0.930. The molecule has 2 nitrogen and oxygen atoms in total. The van der Waals surface area contributed by atoms with Crippen LogP contribution in [0.5, 0.6) is 0 Å². The van der Waals surface area contributed by atoms with Gasteiger partial charge in [0.25, 0.3) is 0 Å². The van der Waals surface area contributed by atoms with Gasteiger partial charge < -0.3 is 10.0 Å². The molecule has 100 valence electrons. The summed E-state index contributed by atoms with van der Waals surface area (Å²) in [5, 5.41) is 10.6. The predicted molar refractivity (Wildman–Crippen MR) is 71.0 cm³/mol. The molecule has 0 radical (unpaired) electrons. The first-order chi connectivity index (χ1) is 8.48. The summed E-state index contributed by atoms with van der Waals surface area (Å²) in [6, 6.07) is 7.08. The summed E-state index contributed by atoms with van der Waals surface area (Å²) in [6.45, 7) is 6.20. The maximum absolute atomic E-state index is 13.1. The van der Waals surface area contributed by atoms with E-state index in [4.69, 9.17) is 0 Å². The molecular weight excluding hydrogens is 229 g/mol. The third-order valence-corrected chi connectivity index (χ3v) is 3.88. The second-order valence-electron chi connectivity index (χ2n) is 5.66. The van der Waals surface area contributed by atoms with Gasteiger partial charge in [0.2, 0.25) is 0 Å². The van der Waals surface area contributed by atoms with Crippen LogP contribution in [0.3, 0.4) is 0 Å². The minimum absolute atomic E-state index is 0.226. The molecule has 0 unspecified atom stereocenters. The molecule has 0 spiro atoms. The lowest BCUT2D eigenvalue weighted by Gasteiger charge is -2.40. The van der Waals surface area contributed by atoms with Gasteiger partial charge in [0.1, 0.15) is 5.82 Å². The molecular formula is C15H22FNO. The molecule has 18 heavy (non-hydrogen) atoms. The molecule has 1 heterocycles. The number of hydrogen-bond acceptors (Lipinski definition) is 2. The largest absolute Gasteiger partial charge is 0.389 e. The molecule has 1 aliphatic heterocycles. The maximum Gasteiger partial charge on any atom is 0.123 e. The van der Waals surface area contributed by atoms with Crippen molar-refractivity contribution in [1.82, 2.24) is 4.90 Å². The number of halogens is 1. The van der Waals surface area contributed by atoms with Gasteiger partial charge >= 0.3 is 0 Å². The lowest BCUT2D eigenvalue weighted by molar-refractivity contribution is -0.0271. The first kappa shape index (κ1) is 13.5. The van der Waals surface area contributed by atoms with E-state index in [9.17, 15) is 9.50 Å². The first-order valence-corrected chi connectivity index (χ1v) is 6.69. The fourth-order valence-electron chi connectivity index (χ4n) is 2.66. The summed E-state index contributed by atoms with van der Waals surface area (Å²) >= 11 is 0. The Morgan fingerprint density at radius 1 is 1.33 bits per heavy atom. The Balaban J connectivity index is 1.97. The molecule has 1 aromatic carbocycles. The quantitative estimate of drug-likeness (QED) is 0.892. The van der Waals surface area contributed by atoms with Crippen LogP contribution in [0, 0.1) is 5.82 Å². The van der Waals surface area contributed by atoms with Crippen LogP contribution in [0.4, 0.5) is 4.39 Å². The third kappa shape index (κ3) is 3.30. The van der Waals surface area contributed by atoms with E-state index in [-0.39, 0.29) is 5.82 Å². The highest BCUT2D eigenvalue weighted by molar-refractivity contribution is 5.18. The van der Waals surface area contributed by atoms with E-state index >= 15 is 0 Å². The summed E-state index contributed by atoms with van der Waals surface area (Å²) < 4.78 is 13.1. The Morgan fingerprint density at radius 2 is 2.00 bits per heavy atom. The van der Waals surface area contributed by atoms with Gasteiger partial charge in [-0.2, -0.15) is 0 Å². The van der Waals surface area contributed by atoms with Gasteiger partial charge in [-0.25, -0.2) is 4.39 Å². The molecule has 0 aromatic heterocycles. The monoisotopic (exact) mass is 251 g/mol. The van der Waals surface area contributed by atoms with Crippen molar-refractivity contribution in [1.29, 1.82) is 0 Å². The van der Waals surface area contributed by atoms with Crippen molar-refractivity contribution in [2.45, 2.75) is 44.8 Å². The van der Waals surface area contributed by atoms with Crippen LogP contribution in [0.15, 0.2) is 24.3 Å². The Morgan fingerprint density at radius 3 is 2.56 bits per heavy atom. The van der Waals surface area contributed by atoms with E-state index in [1.807, 2.05) is 6.07 Å². The molecule has 0 atom stereocenters. The van der Waals surface area contributed by atoms with Gasteiger partial charge in [0.15, 0.2) is 0 Å². The minimum Gasteiger partial charge on any atom is -0.389 e. The molecule has 1 aromatic rings. The summed E-state index contributed by atoms with van der Waals surface area (Å²) in [5.41, 5.74) is 0.217. The molecule has 1 N–H and O–H groups in total. The van der Waals surface area contributed by atoms with E-state index < -0.39 is 5.60 Å². The summed E-state index contributed by atoms with van der Waals surface area (Å²) in [4.78, 5) is 2.38. The number of piperidine rings is 1. The normalized spacial score (nSPS) is 20.3.